The van der Waals surface area contributed by atoms with Crippen LogP contribution in [0, 0.1) is 5.41 Å². The monoisotopic (exact) mass is 260 g/mol. The second-order valence-electron chi connectivity index (χ2n) is 5.59. The van der Waals surface area contributed by atoms with Crippen molar-refractivity contribution in [2.45, 2.75) is 26.7 Å². The van der Waals surface area contributed by atoms with Crippen LogP contribution >= 0.6 is 11.6 Å². The molecule has 0 atom stereocenters. The van der Waals surface area contributed by atoms with Gasteiger partial charge in [0.2, 0.25) is 0 Å². The molecule has 1 aliphatic carbocycles. The van der Waals surface area contributed by atoms with Crippen molar-refractivity contribution in [3.8, 4) is 0 Å². The molecule has 0 saturated carbocycles. The molecule has 18 heavy (non-hydrogen) atoms. The minimum absolute atomic E-state index is 0.0749. The molecule has 0 heterocycles. The summed E-state index contributed by atoms with van der Waals surface area (Å²) in [4.78, 5) is 11.6. The Labute approximate surface area is 113 Å². The molecule has 0 unspecified atom stereocenters. The Balaban J connectivity index is 2.14. The molecule has 1 aromatic rings. The SMILES string of the molecule is CC1(C)CC(=O)C=C(C=Cc2ccc(Cl)cc2)C1. The number of halogens is 1. The second kappa shape index (κ2) is 5.11. The summed E-state index contributed by atoms with van der Waals surface area (Å²) in [5.41, 5.74) is 2.27. The van der Waals surface area contributed by atoms with Crippen LogP contribution in [0.1, 0.15) is 32.3 Å². The molecule has 0 saturated heterocycles. The Hall–Kier alpha value is -1.34. The van der Waals surface area contributed by atoms with Crippen molar-refractivity contribution in [3.63, 3.8) is 0 Å². The molecule has 0 aromatic heterocycles. The van der Waals surface area contributed by atoms with E-state index in [1.807, 2.05) is 36.4 Å². The molecule has 0 fully saturated rings. The summed E-state index contributed by atoms with van der Waals surface area (Å²) >= 11 is 5.84. The maximum absolute atomic E-state index is 11.6. The largest absolute Gasteiger partial charge is 0.295 e. The Kier molecular flexibility index (Phi) is 3.72. The Morgan fingerprint density at radius 1 is 1.11 bits per heavy atom. The van der Waals surface area contributed by atoms with Gasteiger partial charge in [-0.25, -0.2) is 0 Å². The van der Waals surface area contributed by atoms with Crippen LogP contribution in [-0.2, 0) is 4.79 Å². The van der Waals surface area contributed by atoms with Gasteiger partial charge in [0, 0.05) is 11.4 Å². The molecular weight excluding hydrogens is 244 g/mol. The summed E-state index contributed by atoms with van der Waals surface area (Å²) in [6.07, 6.45) is 7.41. The van der Waals surface area contributed by atoms with E-state index >= 15 is 0 Å². The molecule has 0 spiro atoms. The van der Waals surface area contributed by atoms with Crippen molar-refractivity contribution in [1.29, 1.82) is 0 Å². The van der Waals surface area contributed by atoms with Crippen molar-refractivity contribution in [2.24, 2.45) is 5.41 Å². The Bertz CT molecular complexity index is 506. The molecule has 1 aromatic carbocycles. The third kappa shape index (κ3) is 3.58. The van der Waals surface area contributed by atoms with Crippen LogP contribution in [0.5, 0.6) is 0 Å². The average Bonchev–Trinajstić information content (AvgIpc) is 2.25. The third-order valence-electron chi connectivity index (χ3n) is 3.04. The fourth-order valence-electron chi connectivity index (χ4n) is 2.28. The van der Waals surface area contributed by atoms with Crippen molar-refractivity contribution < 1.29 is 4.79 Å². The van der Waals surface area contributed by atoms with Crippen LogP contribution in [0.2, 0.25) is 5.02 Å². The molecule has 0 radical (unpaired) electrons. The lowest BCUT2D eigenvalue weighted by Gasteiger charge is -2.27. The fraction of sp³-hybridized carbons (Fsp3) is 0.312. The van der Waals surface area contributed by atoms with Gasteiger partial charge >= 0.3 is 0 Å². The van der Waals surface area contributed by atoms with Gasteiger partial charge < -0.3 is 0 Å². The van der Waals surface area contributed by atoms with Crippen molar-refractivity contribution in [1.82, 2.24) is 0 Å². The van der Waals surface area contributed by atoms with E-state index in [0.29, 0.717) is 6.42 Å². The Morgan fingerprint density at radius 3 is 2.39 bits per heavy atom. The first-order valence-corrected chi connectivity index (χ1v) is 6.49. The predicted molar refractivity (Wildman–Crippen MR) is 76.6 cm³/mol. The van der Waals surface area contributed by atoms with Gasteiger partial charge in [0.05, 0.1) is 0 Å². The minimum Gasteiger partial charge on any atom is -0.295 e. The molecule has 94 valence electrons. The van der Waals surface area contributed by atoms with Crippen molar-refractivity contribution in [2.75, 3.05) is 0 Å². The molecule has 0 N–H and O–H groups in total. The topological polar surface area (TPSA) is 17.1 Å². The smallest absolute Gasteiger partial charge is 0.156 e. The lowest BCUT2D eigenvalue weighted by atomic mass is 9.77. The highest BCUT2D eigenvalue weighted by molar-refractivity contribution is 6.30. The molecule has 2 rings (SSSR count). The molecule has 0 aliphatic heterocycles. The van der Waals surface area contributed by atoms with Crippen LogP contribution in [0.3, 0.4) is 0 Å². The van der Waals surface area contributed by atoms with Gasteiger partial charge in [0.1, 0.15) is 0 Å². The zero-order chi connectivity index (χ0) is 13.2. The standard InChI is InChI=1S/C16H17ClO/c1-16(2)10-13(9-15(18)11-16)4-3-12-5-7-14(17)8-6-12/h3-9H,10-11H2,1-2H3. The zero-order valence-corrected chi connectivity index (χ0v) is 11.5. The van der Waals surface area contributed by atoms with Gasteiger partial charge in [0.25, 0.3) is 0 Å². The number of ketones is 1. The predicted octanol–water partition coefficient (Wildman–Crippen LogP) is 4.67. The van der Waals surface area contributed by atoms with Crippen LogP contribution in [-0.4, -0.2) is 5.78 Å². The van der Waals surface area contributed by atoms with Gasteiger partial charge in [-0.1, -0.05) is 49.7 Å². The maximum Gasteiger partial charge on any atom is 0.156 e. The molecular formula is C16H17ClO. The number of rotatable bonds is 2. The summed E-state index contributed by atoms with van der Waals surface area (Å²) < 4.78 is 0. The van der Waals surface area contributed by atoms with Gasteiger partial charge in [-0.05, 0) is 41.2 Å². The summed E-state index contributed by atoms with van der Waals surface area (Å²) in [6.45, 7) is 4.27. The Morgan fingerprint density at radius 2 is 1.78 bits per heavy atom. The average molecular weight is 261 g/mol. The first kappa shape index (κ1) is 13.1. The van der Waals surface area contributed by atoms with Crippen LogP contribution in [0.25, 0.3) is 6.08 Å². The summed E-state index contributed by atoms with van der Waals surface area (Å²) in [6, 6.07) is 7.67. The molecule has 1 nitrogen and oxygen atoms in total. The van der Waals surface area contributed by atoms with Gasteiger partial charge in [-0.2, -0.15) is 0 Å². The normalized spacial score (nSPS) is 19.1. The summed E-state index contributed by atoms with van der Waals surface area (Å²) in [5, 5.41) is 0.736. The van der Waals surface area contributed by atoms with Crippen molar-refractivity contribution in [3.05, 3.63) is 52.6 Å². The molecule has 0 amide bonds. The lowest BCUT2D eigenvalue weighted by molar-refractivity contribution is -0.116. The van der Waals surface area contributed by atoms with E-state index in [2.05, 4.69) is 13.8 Å². The van der Waals surface area contributed by atoms with Gasteiger partial charge in [-0.3, -0.25) is 4.79 Å². The number of carbonyl (C=O) groups is 1. The highest BCUT2D eigenvalue weighted by Gasteiger charge is 2.26. The van der Waals surface area contributed by atoms with Crippen molar-refractivity contribution >= 4 is 23.5 Å². The van der Waals surface area contributed by atoms with Crippen LogP contribution < -0.4 is 0 Å². The highest BCUT2D eigenvalue weighted by atomic mass is 35.5. The molecule has 1 aliphatic rings. The van der Waals surface area contributed by atoms with E-state index in [0.717, 1.165) is 22.6 Å². The lowest BCUT2D eigenvalue weighted by Crippen LogP contribution is -2.21. The quantitative estimate of drug-likeness (QED) is 0.755. The number of carbonyl (C=O) groups excluding carboxylic acids is 1. The highest BCUT2D eigenvalue weighted by Crippen LogP contribution is 2.34. The summed E-state index contributed by atoms with van der Waals surface area (Å²) in [5.74, 6) is 0.224. The first-order valence-electron chi connectivity index (χ1n) is 6.12. The molecule has 2 heteroatoms. The van der Waals surface area contributed by atoms with E-state index in [1.54, 1.807) is 6.08 Å². The number of hydrogen-bond donors (Lipinski definition) is 0. The number of benzene rings is 1. The van der Waals surface area contributed by atoms with Gasteiger partial charge in [0.15, 0.2) is 5.78 Å². The summed E-state index contributed by atoms with van der Waals surface area (Å²) in [7, 11) is 0. The van der Waals surface area contributed by atoms with E-state index in [9.17, 15) is 4.79 Å². The van der Waals surface area contributed by atoms with Gasteiger partial charge in [-0.15, -0.1) is 0 Å². The van der Waals surface area contributed by atoms with E-state index < -0.39 is 0 Å². The van der Waals surface area contributed by atoms with E-state index in [1.165, 1.54) is 0 Å². The number of allylic oxidation sites excluding steroid dienone is 3. The molecule has 0 bridgehead atoms. The second-order valence-corrected chi connectivity index (χ2v) is 6.02. The first-order chi connectivity index (χ1) is 8.44. The fourth-order valence-corrected chi connectivity index (χ4v) is 2.41. The number of hydrogen-bond acceptors (Lipinski definition) is 1. The van der Waals surface area contributed by atoms with Crippen LogP contribution in [0.4, 0.5) is 0 Å². The minimum atomic E-state index is 0.0749. The third-order valence-corrected chi connectivity index (χ3v) is 3.29. The van der Waals surface area contributed by atoms with Crippen LogP contribution in [0.15, 0.2) is 42.0 Å². The van der Waals surface area contributed by atoms with E-state index in [4.69, 9.17) is 11.6 Å². The van der Waals surface area contributed by atoms with E-state index in [-0.39, 0.29) is 11.2 Å². The zero-order valence-electron chi connectivity index (χ0n) is 10.7. The maximum atomic E-state index is 11.6.